The van der Waals surface area contributed by atoms with Crippen molar-refractivity contribution in [3.63, 3.8) is 0 Å². The first-order chi connectivity index (χ1) is 7.28. The highest BCUT2D eigenvalue weighted by atomic mass is 79.9. The number of hydrogen-bond donors (Lipinski definition) is 0. The molecule has 0 amide bonds. The van der Waals surface area contributed by atoms with E-state index in [1.165, 1.54) is 18.2 Å². The Labute approximate surface area is 104 Å². The summed E-state index contributed by atoms with van der Waals surface area (Å²) in [5.74, 6) is -0.764. The van der Waals surface area contributed by atoms with Crippen LogP contribution in [0.1, 0.15) is 13.8 Å². The maximum atomic E-state index is 13.4. The van der Waals surface area contributed by atoms with Crippen molar-refractivity contribution in [3.8, 4) is 0 Å². The van der Waals surface area contributed by atoms with Gasteiger partial charge >= 0.3 is 0 Å². The van der Waals surface area contributed by atoms with Gasteiger partial charge in [0.2, 0.25) is 0 Å². The zero-order valence-corrected chi connectivity index (χ0v) is 11.6. The van der Waals surface area contributed by atoms with Crippen LogP contribution in [-0.4, -0.2) is 19.5 Å². The molecule has 2 nitrogen and oxygen atoms in total. The fourth-order valence-electron chi connectivity index (χ4n) is 1.33. The van der Waals surface area contributed by atoms with E-state index in [0.29, 0.717) is 5.33 Å². The SMILES string of the molecule is CC(C)(CBr)CS(=O)(=O)c1ccccc1F. The molecule has 0 atom stereocenters. The highest BCUT2D eigenvalue weighted by molar-refractivity contribution is 9.09. The summed E-state index contributed by atoms with van der Waals surface area (Å²) < 4.78 is 37.3. The minimum atomic E-state index is -3.57. The van der Waals surface area contributed by atoms with Crippen LogP contribution in [0.5, 0.6) is 0 Å². The Hall–Kier alpha value is -0.420. The first-order valence-electron chi connectivity index (χ1n) is 4.82. The first-order valence-corrected chi connectivity index (χ1v) is 7.59. The van der Waals surface area contributed by atoms with E-state index in [2.05, 4.69) is 15.9 Å². The lowest BCUT2D eigenvalue weighted by Gasteiger charge is -2.21. The summed E-state index contributed by atoms with van der Waals surface area (Å²) in [6.07, 6.45) is 0. The summed E-state index contributed by atoms with van der Waals surface area (Å²) in [6.45, 7) is 3.64. The third kappa shape index (κ3) is 3.28. The largest absolute Gasteiger partial charge is 0.224 e. The van der Waals surface area contributed by atoms with Gasteiger partial charge in [0, 0.05) is 5.33 Å². The molecule has 1 aromatic carbocycles. The molecule has 0 bridgehead atoms. The lowest BCUT2D eigenvalue weighted by molar-refractivity contribution is 0.472. The van der Waals surface area contributed by atoms with Gasteiger partial charge in [0.1, 0.15) is 10.7 Å². The topological polar surface area (TPSA) is 34.1 Å². The summed E-state index contributed by atoms with van der Waals surface area (Å²) in [4.78, 5) is -0.218. The van der Waals surface area contributed by atoms with E-state index in [4.69, 9.17) is 0 Å². The molecule has 1 rings (SSSR count). The number of alkyl halides is 1. The molecule has 0 aliphatic rings. The zero-order chi connectivity index (χ0) is 12.4. The molecule has 1 aromatic rings. The van der Waals surface area contributed by atoms with E-state index < -0.39 is 21.1 Å². The van der Waals surface area contributed by atoms with Gasteiger partial charge < -0.3 is 0 Å². The lowest BCUT2D eigenvalue weighted by atomic mass is 10.0. The average Bonchev–Trinajstić information content (AvgIpc) is 2.16. The highest BCUT2D eigenvalue weighted by Gasteiger charge is 2.28. The fraction of sp³-hybridized carbons (Fsp3) is 0.455. The second-order valence-corrected chi connectivity index (χ2v) is 7.01. The molecule has 90 valence electrons. The smallest absolute Gasteiger partial charge is 0.181 e. The quantitative estimate of drug-likeness (QED) is 0.801. The molecule has 0 aliphatic carbocycles. The number of sulfone groups is 1. The van der Waals surface area contributed by atoms with Crippen LogP contribution in [0, 0.1) is 11.2 Å². The Morgan fingerprint density at radius 2 is 1.88 bits per heavy atom. The monoisotopic (exact) mass is 308 g/mol. The number of hydrogen-bond acceptors (Lipinski definition) is 2. The van der Waals surface area contributed by atoms with E-state index in [1.807, 2.05) is 13.8 Å². The van der Waals surface area contributed by atoms with Gasteiger partial charge in [0.25, 0.3) is 0 Å². The molecule has 0 heterocycles. The van der Waals surface area contributed by atoms with Crippen molar-refractivity contribution in [2.75, 3.05) is 11.1 Å². The van der Waals surface area contributed by atoms with Crippen LogP contribution in [0.4, 0.5) is 4.39 Å². The third-order valence-corrected chi connectivity index (χ3v) is 5.79. The molecular weight excluding hydrogens is 295 g/mol. The average molecular weight is 309 g/mol. The molecule has 0 radical (unpaired) electrons. The van der Waals surface area contributed by atoms with E-state index in [-0.39, 0.29) is 10.6 Å². The molecular formula is C11H14BrFO2S. The number of benzene rings is 1. The Morgan fingerprint density at radius 3 is 2.38 bits per heavy atom. The Balaban J connectivity index is 3.09. The van der Waals surface area contributed by atoms with E-state index in [0.717, 1.165) is 6.07 Å². The van der Waals surface area contributed by atoms with Crippen LogP contribution in [0.15, 0.2) is 29.2 Å². The fourth-order valence-corrected chi connectivity index (χ4v) is 3.73. The summed E-state index contributed by atoms with van der Waals surface area (Å²) in [5.41, 5.74) is -0.416. The Kier molecular flexibility index (Phi) is 4.12. The highest BCUT2D eigenvalue weighted by Crippen LogP contribution is 2.25. The minimum Gasteiger partial charge on any atom is -0.224 e. The number of rotatable bonds is 4. The molecule has 0 saturated carbocycles. The van der Waals surface area contributed by atoms with Crippen LogP contribution in [0.3, 0.4) is 0 Å². The van der Waals surface area contributed by atoms with Gasteiger partial charge in [0.15, 0.2) is 9.84 Å². The van der Waals surface area contributed by atoms with Crippen molar-refractivity contribution in [2.24, 2.45) is 5.41 Å². The van der Waals surface area contributed by atoms with Gasteiger partial charge in [-0.15, -0.1) is 0 Å². The second-order valence-electron chi connectivity index (χ2n) is 4.49. The zero-order valence-electron chi connectivity index (χ0n) is 9.20. The van der Waals surface area contributed by atoms with Gasteiger partial charge in [-0.05, 0) is 17.5 Å². The third-order valence-electron chi connectivity index (χ3n) is 2.11. The predicted octanol–water partition coefficient (Wildman–Crippen LogP) is 3.02. The van der Waals surface area contributed by atoms with Crippen molar-refractivity contribution in [3.05, 3.63) is 30.1 Å². The molecule has 0 fully saturated rings. The first kappa shape index (κ1) is 13.6. The van der Waals surface area contributed by atoms with Gasteiger partial charge in [-0.2, -0.15) is 0 Å². The summed E-state index contributed by atoms with van der Waals surface area (Å²) >= 11 is 3.26. The molecule has 0 N–H and O–H groups in total. The minimum absolute atomic E-state index is 0.0772. The predicted molar refractivity (Wildman–Crippen MR) is 66.0 cm³/mol. The van der Waals surface area contributed by atoms with E-state index in [1.54, 1.807) is 0 Å². The molecule has 0 spiro atoms. The van der Waals surface area contributed by atoms with Crippen LogP contribution in [0.25, 0.3) is 0 Å². The van der Waals surface area contributed by atoms with Gasteiger partial charge in [-0.3, -0.25) is 0 Å². The normalized spacial score (nSPS) is 12.8. The second kappa shape index (κ2) is 4.84. The van der Waals surface area contributed by atoms with Gasteiger partial charge in [-0.25, -0.2) is 12.8 Å². The van der Waals surface area contributed by atoms with Crippen LogP contribution in [0.2, 0.25) is 0 Å². The maximum absolute atomic E-state index is 13.4. The van der Waals surface area contributed by atoms with E-state index >= 15 is 0 Å². The molecule has 0 saturated heterocycles. The van der Waals surface area contributed by atoms with E-state index in [9.17, 15) is 12.8 Å². The van der Waals surface area contributed by atoms with Crippen molar-refractivity contribution in [2.45, 2.75) is 18.7 Å². The molecule has 16 heavy (non-hydrogen) atoms. The molecule has 5 heteroatoms. The standard InChI is InChI=1S/C11H14BrFO2S/c1-11(2,7-12)8-16(14,15)10-6-4-3-5-9(10)13/h3-6H,7-8H2,1-2H3. The Bertz CT molecular complexity index is 469. The van der Waals surface area contributed by atoms with Gasteiger partial charge in [0.05, 0.1) is 5.75 Å². The molecule has 0 aromatic heterocycles. The Morgan fingerprint density at radius 1 is 1.31 bits per heavy atom. The lowest BCUT2D eigenvalue weighted by Crippen LogP contribution is -2.26. The maximum Gasteiger partial charge on any atom is 0.181 e. The van der Waals surface area contributed by atoms with Crippen molar-refractivity contribution in [1.82, 2.24) is 0 Å². The summed E-state index contributed by atoms with van der Waals surface area (Å²) in [7, 11) is -3.57. The van der Waals surface area contributed by atoms with Crippen molar-refractivity contribution >= 4 is 25.8 Å². The summed E-state index contributed by atoms with van der Waals surface area (Å²) in [5, 5.41) is 0.549. The molecule has 0 aliphatic heterocycles. The number of halogens is 2. The van der Waals surface area contributed by atoms with Crippen molar-refractivity contribution in [1.29, 1.82) is 0 Å². The van der Waals surface area contributed by atoms with Gasteiger partial charge in [-0.1, -0.05) is 41.9 Å². The summed E-state index contributed by atoms with van der Waals surface area (Å²) in [6, 6.07) is 5.46. The molecule has 0 unspecified atom stereocenters. The van der Waals surface area contributed by atoms with Crippen LogP contribution < -0.4 is 0 Å². The van der Waals surface area contributed by atoms with Crippen LogP contribution >= 0.6 is 15.9 Å². The van der Waals surface area contributed by atoms with Crippen LogP contribution in [-0.2, 0) is 9.84 Å². The van der Waals surface area contributed by atoms with Crippen molar-refractivity contribution < 1.29 is 12.8 Å².